The van der Waals surface area contributed by atoms with Gasteiger partial charge in [-0.25, -0.2) is 13.1 Å². The Morgan fingerprint density at radius 3 is 2.68 bits per heavy atom. The minimum absolute atomic E-state index is 0.0105. The van der Waals surface area contributed by atoms with Gasteiger partial charge in [-0.15, -0.1) is 0 Å². The largest absolute Gasteiger partial charge is 0.241 e. The van der Waals surface area contributed by atoms with Gasteiger partial charge in [-0.05, 0) is 49.0 Å². The molecule has 1 fully saturated rings. The number of thioether (sulfide) groups is 1. The molecule has 1 N–H and O–H groups in total. The van der Waals surface area contributed by atoms with E-state index in [0.29, 0.717) is 11.1 Å². The van der Waals surface area contributed by atoms with Gasteiger partial charge in [0, 0.05) is 6.04 Å². The van der Waals surface area contributed by atoms with Crippen LogP contribution >= 0.6 is 11.8 Å². The second-order valence-corrected chi connectivity index (χ2v) is 7.51. The number of nitriles is 1. The van der Waals surface area contributed by atoms with E-state index in [2.05, 4.69) is 4.72 Å². The Bertz CT molecular complexity index is 600. The van der Waals surface area contributed by atoms with Gasteiger partial charge in [0.15, 0.2) is 0 Å². The topological polar surface area (TPSA) is 70.0 Å². The van der Waals surface area contributed by atoms with Crippen molar-refractivity contribution in [3.8, 4) is 6.07 Å². The van der Waals surface area contributed by atoms with E-state index >= 15 is 0 Å². The lowest BCUT2D eigenvalue weighted by molar-refractivity contribution is 0.528. The molecule has 0 unspecified atom stereocenters. The molecule has 0 saturated carbocycles. The summed E-state index contributed by atoms with van der Waals surface area (Å²) in [6.07, 6.45) is 1.72. The molecule has 4 nitrogen and oxygen atoms in total. The van der Waals surface area contributed by atoms with Crippen LogP contribution in [0.15, 0.2) is 23.1 Å². The van der Waals surface area contributed by atoms with Crippen LogP contribution in [-0.4, -0.2) is 26.0 Å². The van der Waals surface area contributed by atoms with Crippen LogP contribution in [0.1, 0.15) is 24.0 Å². The molecule has 1 aromatic rings. The minimum Gasteiger partial charge on any atom is -0.208 e. The van der Waals surface area contributed by atoms with E-state index < -0.39 is 10.0 Å². The van der Waals surface area contributed by atoms with Crippen LogP contribution in [0.3, 0.4) is 0 Å². The Kier molecular flexibility index (Phi) is 4.50. The Hall–Kier alpha value is -1.03. The molecular weight excluding hydrogens is 280 g/mol. The molecule has 2 rings (SSSR count). The first kappa shape index (κ1) is 14.4. The SMILES string of the molecule is Cc1ccc(C#N)cc1S(=O)(=O)NC1CCSCC1. The fourth-order valence-corrected chi connectivity index (χ4v) is 4.74. The van der Waals surface area contributed by atoms with Gasteiger partial charge in [0.25, 0.3) is 0 Å². The van der Waals surface area contributed by atoms with E-state index in [1.807, 2.05) is 17.8 Å². The second kappa shape index (κ2) is 5.95. The smallest absolute Gasteiger partial charge is 0.208 e. The zero-order valence-corrected chi connectivity index (χ0v) is 12.4. The highest BCUT2D eigenvalue weighted by molar-refractivity contribution is 7.99. The molecule has 19 heavy (non-hydrogen) atoms. The van der Waals surface area contributed by atoms with E-state index in [0.717, 1.165) is 24.3 Å². The molecule has 0 spiro atoms. The van der Waals surface area contributed by atoms with Gasteiger partial charge in [0.2, 0.25) is 10.0 Å². The van der Waals surface area contributed by atoms with Crippen molar-refractivity contribution in [3.63, 3.8) is 0 Å². The summed E-state index contributed by atoms with van der Waals surface area (Å²) in [4.78, 5) is 0.213. The number of benzene rings is 1. The summed E-state index contributed by atoms with van der Waals surface area (Å²) in [6.45, 7) is 1.74. The lowest BCUT2D eigenvalue weighted by Crippen LogP contribution is -2.37. The van der Waals surface area contributed by atoms with Crippen LogP contribution in [0.25, 0.3) is 0 Å². The van der Waals surface area contributed by atoms with E-state index in [4.69, 9.17) is 5.26 Å². The van der Waals surface area contributed by atoms with Crippen molar-refractivity contribution in [2.75, 3.05) is 11.5 Å². The summed E-state index contributed by atoms with van der Waals surface area (Å²) in [5.74, 6) is 1.98. The zero-order valence-electron chi connectivity index (χ0n) is 10.7. The molecule has 0 radical (unpaired) electrons. The fourth-order valence-electron chi connectivity index (χ4n) is 2.06. The van der Waals surface area contributed by atoms with Crippen molar-refractivity contribution in [2.24, 2.45) is 0 Å². The highest BCUT2D eigenvalue weighted by atomic mass is 32.2. The third-order valence-corrected chi connectivity index (χ3v) is 5.86. The molecule has 6 heteroatoms. The van der Waals surface area contributed by atoms with Gasteiger partial charge in [0.1, 0.15) is 0 Å². The van der Waals surface area contributed by atoms with Crippen LogP contribution in [-0.2, 0) is 10.0 Å². The average molecular weight is 296 g/mol. The van der Waals surface area contributed by atoms with Gasteiger partial charge < -0.3 is 0 Å². The molecule has 0 atom stereocenters. The van der Waals surface area contributed by atoms with Crippen LogP contribution in [0, 0.1) is 18.3 Å². The second-order valence-electron chi connectivity index (χ2n) is 4.60. The lowest BCUT2D eigenvalue weighted by Gasteiger charge is -2.22. The Labute approximate surface area is 118 Å². The molecule has 102 valence electrons. The first-order chi connectivity index (χ1) is 9.03. The number of sulfonamides is 1. The van der Waals surface area contributed by atoms with Gasteiger partial charge >= 0.3 is 0 Å². The highest BCUT2D eigenvalue weighted by Gasteiger charge is 2.23. The number of nitrogens with one attached hydrogen (secondary N) is 1. The summed E-state index contributed by atoms with van der Waals surface area (Å²) in [5, 5.41) is 8.87. The van der Waals surface area contributed by atoms with E-state index in [1.54, 1.807) is 19.1 Å². The number of hydrogen-bond acceptors (Lipinski definition) is 4. The third kappa shape index (κ3) is 3.50. The number of aryl methyl sites for hydroxylation is 1. The molecule has 0 bridgehead atoms. The van der Waals surface area contributed by atoms with Crippen LogP contribution in [0.2, 0.25) is 0 Å². The summed E-state index contributed by atoms with van der Waals surface area (Å²) >= 11 is 1.85. The maximum Gasteiger partial charge on any atom is 0.241 e. The Balaban J connectivity index is 2.26. The molecule has 1 saturated heterocycles. The van der Waals surface area contributed by atoms with Crippen molar-refractivity contribution < 1.29 is 8.42 Å². The molecule has 0 aliphatic carbocycles. The summed E-state index contributed by atoms with van der Waals surface area (Å²) < 4.78 is 27.5. The third-order valence-electron chi connectivity index (χ3n) is 3.15. The predicted octanol–water partition coefficient (Wildman–Crippen LogP) is 2.04. The average Bonchev–Trinajstić information content (AvgIpc) is 2.39. The number of hydrogen-bond donors (Lipinski definition) is 1. The van der Waals surface area contributed by atoms with Crippen LogP contribution in [0.4, 0.5) is 0 Å². The molecule has 0 aromatic heterocycles. The maximum absolute atomic E-state index is 12.4. The molecular formula is C13H16N2O2S2. The minimum atomic E-state index is -3.53. The quantitative estimate of drug-likeness (QED) is 0.926. The van der Waals surface area contributed by atoms with Crippen LogP contribution in [0.5, 0.6) is 0 Å². The van der Waals surface area contributed by atoms with Crippen molar-refractivity contribution in [1.82, 2.24) is 4.72 Å². The summed E-state index contributed by atoms with van der Waals surface area (Å²) in [7, 11) is -3.53. The highest BCUT2D eigenvalue weighted by Crippen LogP contribution is 2.21. The predicted molar refractivity (Wildman–Crippen MR) is 76.6 cm³/mol. The molecule has 1 aromatic carbocycles. The van der Waals surface area contributed by atoms with Gasteiger partial charge in [-0.1, -0.05) is 6.07 Å². The molecule has 1 heterocycles. The van der Waals surface area contributed by atoms with E-state index in [-0.39, 0.29) is 10.9 Å². The van der Waals surface area contributed by atoms with Crippen molar-refractivity contribution in [2.45, 2.75) is 30.7 Å². The van der Waals surface area contributed by atoms with Gasteiger partial charge in [0.05, 0.1) is 16.5 Å². The lowest BCUT2D eigenvalue weighted by atomic mass is 10.2. The monoisotopic (exact) mass is 296 g/mol. The van der Waals surface area contributed by atoms with Crippen molar-refractivity contribution >= 4 is 21.8 Å². The van der Waals surface area contributed by atoms with E-state index in [9.17, 15) is 8.42 Å². The van der Waals surface area contributed by atoms with Gasteiger partial charge in [-0.3, -0.25) is 0 Å². The van der Waals surface area contributed by atoms with Gasteiger partial charge in [-0.2, -0.15) is 17.0 Å². The Morgan fingerprint density at radius 1 is 1.37 bits per heavy atom. The summed E-state index contributed by atoms with van der Waals surface area (Å²) in [6, 6.07) is 6.73. The first-order valence-electron chi connectivity index (χ1n) is 6.14. The van der Waals surface area contributed by atoms with Crippen LogP contribution < -0.4 is 4.72 Å². The maximum atomic E-state index is 12.4. The molecule has 1 aliphatic rings. The Morgan fingerprint density at radius 2 is 2.05 bits per heavy atom. The number of nitrogens with zero attached hydrogens (tertiary/aromatic N) is 1. The van der Waals surface area contributed by atoms with Crippen molar-refractivity contribution in [3.05, 3.63) is 29.3 Å². The standard InChI is InChI=1S/C13H16N2O2S2/c1-10-2-3-11(9-14)8-13(10)19(16,17)15-12-4-6-18-7-5-12/h2-3,8,12,15H,4-7H2,1H3. The summed E-state index contributed by atoms with van der Waals surface area (Å²) in [5.41, 5.74) is 1.03. The number of rotatable bonds is 3. The van der Waals surface area contributed by atoms with Crippen molar-refractivity contribution in [1.29, 1.82) is 5.26 Å². The zero-order chi connectivity index (χ0) is 13.9. The fraction of sp³-hybridized carbons (Fsp3) is 0.462. The normalized spacial score (nSPS) is 17.1. The first-order valence-corrected chi connectivity index (χ1v) is 8.77. The molecule has 1 aliphatic heterocycles. The molecule has 0 amide bonds. The van der Waals surface area contributed by atoms with E-state index in [1.165, 1.54) is 6.07 Å².